The summed E-state index contributed by atoms with van der Waals surface area (Å²) < 4.78 is 0. The van der Waals surface area contributed by atoms with Crippen molar-refractivity contribution in [3.8, 4) is 0 Å². The van der Waals surface area contributed by atoms with Crippen LogP contribution in [0.5, 0.6) is 0 Å². The van der Waals surface area contributed by atoms with Gasteiger partial charge in [-0.1, -0.05) is 46.6 Å². The molecule has 3 heteroatoms. The largest absolute Gasteiger partial charge is 0.392 e. The van der Waals surface area contributed by atoms with Gasteiger partial charge in [0, 0.05) is 0 Å². The highest BCUT2D eigenvalue weighted by molar-refractivity contribution is 7.59. The van der Waals surface area contributed by atoms with Gasteiger partial charge in [-0.3, -0.25) is 0 Å². The van der Waals surface area contributed by atoms with Crippen LogP contribution in [0.4, 0.5) is 0 Å². The predicted molar refractivity (Wildman–Crippen MR) is 109 cm³/mol. The smallest absolute Gasteiger partial charge is 0.0614 e. The maximum absolute atomic E-state index is 8.55. The van der Waals surface area contributed by atoms with E-state index < -0.39 is 0 Å². The first-order chi connectivity index (χ1) is 10.3. The van der Waals surface area contributed by atoms with Gasteiger partial charge in [-0.05, 0) is 67.2 Å². The van der Waals surface area contributed by atoms with E-state index in [9.17, 15) is 0 Å². The summed E-state index contributed by atoms with van der Waals surface area (Å²) in [6.07, 6.45) is 12.5. The molecule has 0 aromatic rings. The van der Waals surface area contributed by atoms with Crippen LogP contribution in [-0.2, 0) is 0 Å². The molecule has 0 atom stereocenters. The van der Waals surface area contributed by atoms with Gasteiger partial charge in [-0.25, -0.2) is 0 Å². The molecule has 0 aliphatic carbocycles. The molecule has 0 saturated carbocycles. The van der Waals surface area contributed by atoms with E-state index in [1.54, 1.807) is 0 Å². The van der Waals surface area contributed by atoms with Crippen molar-refractivity contribution >= 4 is 13.5 Å². The lowest BCUT2D eigenvalue weighted by molar-refractivity contribution is 0.341. The Morgan fingerprint density at radius 1 is 0.609 bits per heavy atom. The zero-order valence-corrected chi connectivity index (χ0v) is 16.9. The molecule has 0 aromatic carbocycles. The van der Waals surface area contributed by atoms with Crippen molar-refractivity contribution in [1.82, 2.24) is 0 Å². The molecule has 0 spiro atoms. The summed E-state index contributed by atoms with van der Waals surface area (Å²) in [6.45, 7) is 12.8. The highest BCUT2D eigenvalue weighted by atomic mass is 32.1. The average molecular weight is 343 g/mol. The Bertz CT molecular complexity index is 344. The van der Waals surface area contributed by atoms with Crippen molar-refractivity contribution in [2.45, 2.75) is 67.2 Å². The Morgan fingerprint density at radius 3 is 1.13 bits per heavy atom. The molecule has 2 N–H and O–H groups in total. The quantitative estimate of drug-likeness (QED) is 0.575. The van der Waals surface area contributed by atoms with Crippen LogP contribution in [0.15, 0.2) is 46.6 Å². The van der Waals surface area contributed by atoms with E-state index in [0.717, 1.165) is 25.7 Å². The van der Waals surface area contributed by atoms with Crippen molar-refractivity contribution in [2.75, 3.05) is 13.2 Å². The van der Waals surface area contributed by atoms with Crippen LogP contribution in [-0.4, -0.2) is 23.4 Å². The Kier molecular flexibility index (Phi) is 22.7. The molecular formula is C20H38O2S. The van der Waals surface area contributed by atoms with Crippen molar-refractivity contribution in [3.05, 3.63) is 46.6 Å². The lowest BCUT2D eigenvalue weighted by atomic mass is 10.1. The van der Waals surface area contributed by atoms with Gasteiger partial charge in [0.2, 0.25) is 0 Å². The van der Waals surface area contributed by atoms with Crippen molar-refractivity contribution in [2.24, 2.45) is 0 Å². The standard InChI is InChI=1S/2C10H18O.H2S/c2*1-9(2)5-4-6-10(3)7-8-11;/h2*5,7,11H,4,6,8H2,1-3H3;1H2/b2*10-7+;. The van der Waals surface area contributed by atoms with Crippen molar-refractivity contribution in [3.63, 3.8) is 0 Å². The summed E-state index contributed by atoms with van der Waals surface area (Å²) in [5, 5.41) is 17.1. The molecule has 136 valence electrons. The highest BCUT2D eigenvalue weighted by Crippen LogP contribution is 2.06. The summed E-state index contributed by atoms with van der Waals surface area (Å²) in [5.74, 6) is 0. The number of aliphatic hydroxyl groups is 2. The molecule has 0 aromatic heterocycles. The third kappa shape index (κ3) is 26.4. The van der Waals surface area contributed by atoms with Crippen LogP contribution in [0.1, 0.15) is 67.2 Å². The summed E-state index contributed by atoms with van der Waals surface area (Å²) in [6, 6.07) is 0. The average Bonchev–Trinajstić information content (AvgIpc) is 2.39. The van der Waals surface area contributed by atoms with E-state index in [2.05, 4.69) is 53.7 Å². The summed E-state index contributed by atoms with van der Waals surface area (Å²) in [4.78, 5) is 0. The van der Waals surface area contributed by atoms with E-state index in [1.807, 2.05) is 12.2 Å². The second kappa shape index (κ2) is 19.3. The molecular weight excluding hydrogens is 304 g/mol. The number of allylic oxidation sites excluding steroid dienone is 6. The minimum Gasteiger partial charge on any atom is -0.392 e. The first-order valence-corrected chi connectivity index (χ1v) is 8.13. The number of aliphatic hydroxyl groups excluding tert-OH is 2. The molecule has 0 aliphatic rings. The molecule has 0 aliphatic heterocycles. The number of hydrogen-bond acceptors (Lipinski definition) is 2. The Balaban J connectivity index is -0.000000333. The Morgan fingerprint density at radius 2 is 0.913 bits per heavy atom. The normalized spacial score (nSPS) is 11.0. The Hall–Kier alpha value is -0.770. The minimum atomic E-state index is 0. The van der Waals surface area contributed by atoms with Crippen LogP contribution in [0.3, 0.4) is 0 Å². The van der Waals surface area contributed by atoms with Gasteiger partial charge >= 0.3 is 0 Å². The van der Waals surface area contributed by atoms with Gasteiger partial charge in [0.1, 0.15) is 0 Å². The van der Waals surface area contributed by atoms with E-state index in [4.69, 9.17) is 10.2 Å². The number of rotatable bonds is 8. The van der Waals surface area contributed by atoms with E-state index in [-0.39, 0.29) is 26.7 Å². The fraction of sp³-hybridized carbons (Fsp3) is 0.600. The highest BCUT2D eigenvalue weighted by Gasteiger charge is 1.87. The molecule has 0 radical (unpaired) electrons. The second-order valence-corrected chi connectivity index (χ2v) is 6.11. The lowest BCUT2D eigenvalue weighted by Gasteiger charge is -1.96. The molecule has 0 amide bonds. The molecule has 0 heterocycles. The fourth-order valence-corrected chi connectivity index (χ4v) is 1.69. The molecule has 0 fully saturated rings. The zero-order chi connectivity index (χ0) is 17.4. The van der Waals surface area contributed by atoms with Gasteiger partial charge in [-0.2, -0.15) is 13.5 Å². The van der Waals surface area contributed by atoms with Gasteiger partial charge in [0.15, 0.2) is 0 Å². The minimum absolute atomic E-state index is 0. The second-order valence-electron chi connectivity index (χ2n) is 6.11. The summed E-state index contributed by atoms with van der Waals surface area (Å²) in [5.41, 5.74) is 5.26. The molecule has 0 unspecified atom stereocenters. The van der Waals surface area contributed by atoms with E-state index in [0.29, 0.717) is 0 Å². The van der Waals surface area contributed by atoms with E-state index >= 15 is 0 Å². The van der Waals surface area contributed by atoms with Gasteiger partial charge < -0.3 is 10.2 Å². The lowest BCUT2D eigenvalue weighted by Crippen LogP contribution is -1.80. The predicted octanol–water partition coefficient (Wildman–Crippen LogP) is 5.46. The molecule has 0 saturated heterocycles. The van der Waals surface area contributed by atoms with Gasteiger partial charge in [0.25, 0.3) is 0 Å². The third-order valence-electron chi connectivity index (χ3n) is 3.06. The van der Waals surface area contributed by atoms with Crippen molar-refractivity contribution in [1.29, 1.82) is 0 Å². The third-order valence-corrected chi connectivity index (χ3v) is 3.06. The maximum atomic E-state index is 8.55. The van der Waals surface area contributed by atoms with Crippen molar-refractivity contribution < 1.29 is 10.2 Å². The van der Waals surface area contributed by atoms with Crippen LogP contribution in [0.2, 0.25) is 0 Å². The molecule has 2 nitrogen and oxygen atoms in total. The van der Waals surface area contributed by atoms with Crippen LogP contribution < -0.4 is 0 Å². The first-order valence-electron chi connectivity index (χ1n) is 8.13. The zero-order valence-electron chi connectivity index (χ0n) is 15.9. The number of hydrogen-bond donors (Lipinski definition) is 2. The topological polar surface area (TPSA) is 40.5 Å². The van der Waals surface area contributed by atoms with Crippen LogP contribution in [0.25, 0.3) is 0 Å². The van der Waals surface area contributed by atoms with Crippen LogP contribution >= 0.6 is 13.5 Å². The summed E-state index contributed by atoms with van der Waals surface area (Å²) >= 11 is 0. The first kappa shape index (κ1) is 27.1. The maximum Gasteiger partial charge on any atom is 0.0614 e. The summed E-state index contributed by atoms with van der Waals surface area (Å²) in [7, 11) is 0. The van der Waals surface area contributed by atoms with Gasteiger partial charge in [0.05, 0.1) is 13.2 Å². The van der Waals surface area contributed by atoms with Crippen LogP contribution in [0, 0.1) is 0 Å². The SMILES string of the molecule is CC(C)=CCC/C(C)=C/CO.CC(C)=CCC/C(C)=C/CO.S. The fourth-order valence-electron chi connectivity index (χ4n) is 1.69. The monoisotopic (exact) mass is 342 g/mol. The van der Waals surface area contributed by atoms with Gasteiger partial charge in [-0.15, -0.1) is 0 Å². The molecule has 0 rings (SSSR count). The molecule has 0 bridgehead atoms. The molecule has 23 heavy (non-hydrogen) atoms. The van der Waals surface area contributed by atoms with E-state index in [1.165, 1.54) is 22.3 Å². The Labute approximate surface area is 151 Å².